The third-order valence-electron chi connectivity index (χ3n) is 7.68. The highest BCUT2D eigenvalue weighted by atomic mass is 32.2. The SMILES string of the molecule is CCCCCCCCCCCCCCCCS(=O)(=O)N/N=c1\cc(-c2ccccc2)n(C)c2cccc(S(=O)(=O)O)c12. The lowest BCUT2D eigenvalue weighted by atomic mass is 10.0. The van der Waals surface area contributed by atoms with E-state index < -0.39 is 20.1 Å². The quantitative estimate of drug-likeness (QED) is 0.0831. The number of rotatable bonds is 19. The zero-order chi connectivity index (χ0) is 30.4. The molecule has 0 aliphatic heterocycles. The van der Waals surface area contributed by atoms with Gasteiger partial charge in [0.25, 0.3) is 10.1 Å². The van der Waals surface area contributed by atoms with Gasteiger partial charge in [0, 0.05) is 12.4 Å². The highest BCUT2D eigenvalue weighted by Gasteiger charge is 2.19. The molecule has 0 fully saturated rings. The highest BCUT2D eigenvalue weighted by Crippen LogP contribution is 2.25. The van der Waals surface area contributed by atoms with Crippen LogP contribution in [0.5, 0.6) is 0 Å². The lowest BCUT2D eigenvalue weighted by molar-refractivity contribution is 0.484. The van der Waals surface area contributed by atoms with Crippen LogP contribution >= 0.6 is 0 Å². The van der Waals surface area contributed by atoms with E-state index in [1.807, 2.05) is 30.3 Å². The fourth-order valence-electron chi connectivity index (χ4n) is 5.32. The maximum atomic E-state index is 12.8. The van der Waals surface area contributed by atoms with Crippen LogP contribution in [0.4, 0.5) is 0 Å². The zero-order valence-electron chi connectivity index (χ0n) is 25.1. The molecule has 1 aromatic heterocycles. The molecule has 10 heteroatoms. The number of sulfonamides is 1. The Balaban J connectivity index is 1.59. The van der Waals surface area contributed by atoms with Crippen molar-refractivity contribution in [2.24, 2.45) is 12.1 Å². The second-order valence-electron chi connectivity index (χ2n) is 11.1. The van der Waals surface area contributed by atoms with Gasteiger partial charge >= 0.3 is 0 Å². The average molecular weight is 618 g/mol. The topological polar surface area (TPSA) is 118 Å². The maximum absolute atomic E-state index is 12.8. The maximum Gasteiger partial charge on any atom is 0.295 e. The van der Waals surface area contributed by atoms with Gasteiger partial charge in [0.1, 0.15) is 4.90 Å². The number of hydrogen-bond donors (Lipinski definition) is 2. The summed E-state index contributed by atoms with van der Waals surface area (Å²) in [7, 11) is -6.54. The third-order valence-corrected chi connectivity index (χ3v) is 9.77. The minimum Gasteiger partial charge on any atom is -0.343 e. The van der Waals surface area contributed by atoms with Crippen molar-refractivity contribution in [2.75, 3.05) is 5.75 Å². The van der Waals surface area contributed by atoms with E-state index in [1.165, 1.54) is 76.3 Å². The fourth-order valence-corrected chi connectivity index (χ4v) is 6.96. The summed E-state index contributed by atoms with van der Waals surface area (Å²) in [5.41, 5.74) is 2.04. The highest BCUT2D eigenvalue weighted by molar-refractivity contribution is 7.89. The summed E-state index contributed by atoms with van der Waals surface area (Å²) in [6, 6.07) is 15.6. The lowest BCUT2D eigenvalue weighted by Gasteiger charge is -2.15. The van der Waals surface area contributed by atoms with Crippen molar-refractivity contribution in [3.8, 4) is 11.3 Å². The van der Waals surface area contributed by atoms with Gasteiger partial charge in [0.2, 0.25) is 10.0 Å². The molecule has 0 radical (unpaired) electrons. The normalized spacial score (nSPS) is 12.7. The Morgan fingerprint density at radius 2 is 1.29 bits per heavy atom. The number of aromatic nitrogens is 1. The molecule has 3 aromatic rings. The van der Waals surface area contributed by atoms with Gasteiger partial charge in [0.05, 0.1) is 22.3 Å². The van der Waals surface area contributed by atoms with Crippen molar-refractivity contribution < 1.29 is 21.4 Å². The van der Waals surface area contributed by atoms with Gasteiger partial charge in [-0.05, 0) is 30.2 Å². The summed E-state index contributed by atoms with van der Waals surface area (Å²) in [4.78, 5) is 1.97. The molecule has 0 amide bonds. The molecule has 0 spiro atoms. The summed E-state index contributed by atoms with van der Waals surface area (Å²) in [6.07, 6.45) is 16.5. The molecule has 0 atom stereocenters. The van der Waals surface area contributed by atoms with E-state index in [9.17, 15) is 21.4 Å². The van der Waals surface area contributed by atoms with Gasteiger partial charge in [-0.3, -0.25) is 4.55 Å². The van der Waals surface area contributed by atoms with Crippen molar-refractivity contribution in [1.82, 2.24) is 9.40 Å². The first kappa shape index (κ1) is 33.8. The van der Waals surface area contributed by atoms with Crippen molar-refractivity contribution in [3.63, 3.8) is 0 Å². The third kappa shape index (κ3) is 10.5. The lowest BCUT2D eigenvalue weighted by Crippen LogP contribution is -2.25. The molecule has 232 valence electrons. The summed E-state index contributed by atoms with van der Waals surface area (Å²) >= 11 is 0. The Hall–Kier alpha value is -2.69. The molecule has 0 saturated carbocycles. The molecule has 2 N–H and O–H groups in total. The number of pyridine rings is 1. The number of unbranched alkanes of at least 4 members (excludes halogenated alkanes) is 13. The molecule has 1 heterocycles. The Bertz CT molecular complexity index is 1550. The molecule has 8 nitrogen and oxygen atoms in total. The molecule has 0 unspecified atom stereocenters. The number of benzene rings is 2. The van der Waals surface area contributed by atoms with E-state index in [0.29, 0.717) is 17.6 Å². The molecule has 0 bridgehead atoms. The standard InChI is InChI=1S/C32H47N3O5S2/c1-3-4-5-6-7-8-9-10-11-12-13-14-15-19-25-41(36,37)34-33-28-26-30(27-21-17-16-18-22-27)35(2)29-23-20-24-31(32(28)29)42(38,39)40/h16-18,20-24,26,34H,3-15,19,25H2,1-2H3,(H,38,39,40)/b33-28+. The van der Waals surface area contributed by atoms with E-state index in [2.05, 4.69) is 16.9 Å². The Morgan fingerprint density at radius 1 is 0.738 bits per heavy atom. The van der Waals surface area contributed by atoms with Crippen molar-refractivity contribution in [1.29, 1.82) is 0 Å². The van der Waals surface area contributed by atoms with E-state index in [-0.39, 0.29) is 21.4 Å². The minimum atomic E-state index is -4.59. The van der Waals surface area contributed by atoms with Crippen LogP contribution in [-0.2, 0) is 27.2 Å². The van der Waals surface area contributed by atoms with E-state index in [4.69, 9.17) is 0 Å². The number of fused-ring (bicyclic) bond motifs is 1. The summed E-state index contributed by atoms with van der Waals surface area (Å²) in [5.74, 6) is -0.0657. The van der Waals surface area contributed by atoms with Crippen molar-refractivity contribution in [3.05, 3.63) is 60.0 Å². The first-order valence-electron chi connectivity index (χ1n) is 15.3. The van der Waals surface area contributed by atoms with Crippen LogP contribution in [0.25, 0.3) is 22.2 Å². The zero-order valence-corrected chi connectivity index (χ0v) is 26.7. The van der Waals surface area contributed by atoms with Crippen LogP contribution in [-0.4, -0.2) is 31.7 Å². The molecule has 3 rings (SSSR count). The van der Waals surface area contributed by atoms with E-state index in [0.717, 1.165) is 24.8 Å². The Morgan fingerprint density at radius 3 is 1.83 bits per heavy atom. The number of nitrogens with zero attached hydrogens (tertiary/aromatic N) is 2. The molecule has 0 aliphatic rings. The van der Waals surface area contributed by atoms with Gasteiger partial charge < -0.3 is 4.57 Å². The predicted octanol–water partition coefficient (Wildman–Crippen LogP) is 7.31. The summed E-state index contributed by atoms with van der Waals surface area (Å²) in [5, 5.41) is 4.42. The Kier molecular flexibility index (Phi) is 13.5. The smallest absolute Gasteiger partial charge is 0.295 e. The molecule has 42 heavy (non-hydrogen) atoms. The van der Waals surface area contributed by atoms with Crippen LogP contribution in [0.1, 0.15) is 96.8 Å². The van der Waals surface area contributed by atoms with Crippen LogP contribution in [0.15, 0.2) is 64.6 Å². The second kappa shape index (κ2) is 16.8. The minimum absolute atomic E-state index is 0.0657. The number of hydrogen-bond acceptors (Lipinski definition) is 5. The predicted molar refractivity (Wildman–Crippen MR) is 171 cm³/mol. The largest absolute Gasteiger partial charge is 0.343 e. The molecular weight excluding hydrogens is 571 g/mol. The number of aryl methyl sites for hydroxylation is 1. The summed E-state index contributed by atoms with van der Waals surface area (Å²) in [6.45, 7) is 2.24. The molecule has 0 aliphatic carbocycles. The van der Waals surface area contributed by atoms with Crippen LogP contribution in [0.3, 0.4) is 0 Å². The van der Waals surface area contributed by atoms with Crippen molar-refractivity contribution in [2.45, 2.75) is 102 Å². The monoisotopic (exact) mass is 617 g/mol. The van der Waals surface area contributed by atoms with Gasteiger partial charge in [-0.15, -0.1) is 0 Å². The van der Waals surface area contributed by atoms with Crippen LogP contribution in [0, 0.1) is 0 Å². The number of nitrogens with one attached hydrogen (secondary N) is 1. The summed E-state index contributed by atoms with van der Waals surface area (Å²) < 4.78 is 61.6. The van der Waals surface area contributed by atoms with Gasteiger partial charge in [-0.1, -0.05) is 127 Å². The second-order valence-corrected chi connectivity index (χ2v) is 14.3. The molecule has 2 aromatic carbocycles. The molecule has 0 saturated heterocycles. The van der Waals surface area contributed by atoms with Crippen molar-refractivity contribution >= 4 is 31.0 Å². The van der Waals surface area contributed by atoms with Gasteiger partial charge in [0.15, 0.2) is 0 Å². The van der Waals surface area contributed by atoms with Gasteiger partial charge in [-0.25, -0.2) is 13.2 Å². The van der Waals surface area contributed by atoms with E-state index >= 15 is 0 Å². The van der Waals surface area contributed by atoms with Gasteiger partial charge in [-0.2, -0.15) is 13.5 Å². The molecular formula is C32H47N3O5S2. The first-order chi connectivity index (χ1) is 20.1. The van der Waals surface area contributed by atoms with Crippen LogP contribution in [0.2, 0.25) is 0 Å². The fraction of sp³-hybridized carbons (Fsp3) is 0.531. The average Bonchev–Trinajstić information content (AvgIpc) is 2.96. The van der Waals surface area contributed by atoms with E-state index in [1.54, 1.807) is 23.7 Å². The first-order valence-corrected chi connectivity index (χ1v) is 18.4. The Labute approximate surface area is 252 Å². The van der Waals surface area contributed by atoms with Crippen LogP contribution < -0.4 is 10.2 Å².